The van der Waals surface area contributed by atoms with Gasteiger partial charge in [-0.25, -0.2) is 0 Å². The number of nitrogens with one attached hydrogen (secondary N) is 2. The topological polar surface area (TPSA) is 77.7 Å². The van der Waals surface area contributed by atoms with Gasteiger partial charge in [0.2, 0.25) is 0 Å². The van der Waals surface area contributed by atoms with Gasteiger partial charge >= 0.3 is 0 Å². The average Bonchev–Trinajstić information content (AvgIpc) is 3.25. The maximum absolute atomic E-state index is 13.6. The number of rotatable bonds is 6. The van der Waals surface area contributed by atoms with Crippen LogP contribution >= 0.6 is 0 Å². The van der Waals surface area contributed by atoms with Gasteiger partial charge in [0.25, 0.3) is 11.8 Å². The van der Waals surface area contributed by atoms with Gasteiger partial charge in [-0.3, -0.25) is 9.59 Å². The number of hydrogen-bond donors (Lipinski definition) is 2. The summed E-state index contributed by atoms with van der Waals surface area (Å²) in [4.78, 5) is 33.8. The van der Waals surface area contributed by atoms with Crippen molar-refractivity contribution in [3.8, 4) is 5.75 Å². The Hall–Kier alpha value is -3.58. The number of carbonyl (C=O) groups is 2. The molecular formula is C26H30N4O3. The Morgan fingerprint density at radius 1 is 1.15 bits per heavy atom. The van der Waals surface area contributed by atoms with Crippen LogP contribution in [0.5, 0.6) is 5.75 Å². The van der Waals surface area contributed by atoms with Gasteiger partial charge in [-0.15, -0.1) is 0 Å². The van der Waals surface area contributed by atoms with Crippen LogP contribution in [0, 0.1) is 0 Å². The van der Waals surface area contributed by atoms with Crippen molar-refractivity contribution in [1.82, 2.24) is 20.1 Å². The summed E-state index contributed by atoms with van der Waals surface area (Å²) in [6, 6.07) is 14.8. The van der Waals surface area contributed by atoms with Crippen LogP contribution in [0.4, 0.5) is 0 Å². The molecule has 0 spiro atoms. The van der Waals surface area contributed by atoms with E-state index in [0.717, 1.165) is 48.1 Å². The summed E-state index contributed by atoms with van der Waals surface area (Å²) in [6.45, 7) is 1.89. The van der Waals surface area contributed by atoms with Crippen LogP contribution in [0.15, 0.2) is 60.4 Å². The number of hydrogen-bond acceptors (Lipinski definition) is 4. The van der Waals surface area contributed by atoms with Gasteiger partial charge in [0.05, 0.1) is 7.11 Å². The minimum atomic E-state index is -0.315. The molecule has 1 fully saturated rings. The second kappa shape index (κ2) is 9.92. The summed E-state index contributed by atoms with van der Waals surface area (Å²) in [7, 11) is 5.53. The zero-order valence-electron chi connectivity index (χ0n) is 19.3. The molecule has 2 N–H and O–H groups in total. The lowest BCUT2D eigenvalue weighted by Crippen LogP contribution is -2.46. The average molecular weight is 447 g/mol. The number of carbonyl (C=O) groups excluding carboxylic acids is 2. The van der Waals surface area contributed by atoms with Crippen LogP contribution in [0.25, 0.3) is 17.0 Å². The number of ether oxygens (including phenoxy) is 1. The van der Waals surface area contributed by atoms with Crippen LogP contribution in [0.3, 0.4) is 0 Å². The summed E-state index contributed by atoms with van der Waals surface area (Å²) in [6.07, 6.45) is 5.39. The smallest absolute Gasteiger partial charge is 0.270 e. The van der Waals surface area contributed by atoms with E-state index >= 15 is 0 Å². The lowest BCUT2D eigenvalue weighted by Gasteiger charge is -2.35. The van der Waals surface area contributed by atoms with Crippen molar-refractivity contribution in [2.45, 2.75) is 18.9 Å². The largest absolute Gasteiger partial charge is 0.497 e. The van der Waals surface area contributed by atoms with Crippen molar-refractivity contribution in [2.24, 2.45) is 0 Å². The molecule has 0 bridgehead atoms. The lowest BCUT2D eigenvalue weighted by molar-refractivity contribution is -0.128. The highest BCUT2D eigenvalue weighted by molar-refractivity contribution is 6.06. The third-order valence-corrected chi connectivity index (χ3v) is 6.29. The Morgan fingerprint density at radius 2 is 1.88 bits per heavy atom. The maximum Gasteiger partial charge on any atom is 0.270 e. The molecule has 2 amide bonds. The van der Waals surface area contributed by atoms with Gasteiger partial charge in [-0.2, -0.15) is 0 Å². The Labute approximate surface area is 194 Å². The molecule has 0 atom stereocenters. The Bertz CT molecular complexity index is 1160. The van der Waals surface area contributed by atoms with E-state index in [1.165, 1.54) is 0 Å². The monoisotopic (exact) mass is 446 g/mol. The molecular weight excluding hydrogens is 416 g/mol. The molecule has 2 heterocycles. The number of likely N-dealkylation sites (N-methyl/N-ethyl adjacent to an activating group) is 1. The molecule has 0 aliphatic carbocycles. The van der Waals surface area contributed by atoms with E-state index in [2.05, 4.69) is 22.2 Å². The van der Waals surface area contributed by atoms with Gasteiger partial charge in [0, 0.05) is 41.3 Å². The number of piperidine rings is 1. The summed E-state index contributed by atoms with van der Waals surface area (Å²) < 4.78 is 5.36. The van der Waals surface area contributed by atoms with E-state index in [9.17, 15) is 9.59 Å². The Morgan fingerprint density at radius 3 is 2.58 bits per heavy atom. The second-order valence-electron chi connectivity index (χ2n) is 8.48. The number of aromatic nitrogens is 1. The van der Waals surface area contributed by atoms with Gasteiger partial charge in [0.1, 0.15) is 11.4 Å². The number of methoxy groups -OCH3 is 1. The fourth-order valence-corrected chi connectivity index (χ4v) is 4.20. The molecule has 4 rings (SSSR count). The van der Waals surface area contributed by atoms with Crippen molar-refractivity contribution >= 4 is 28.8 Å². The molecule has 2 aromatic carbocycles. The van der Waals surface area contributed by atoms with Gasteiger partial charge in [-0.1, -0.05) is 18.2 Å². The predicted octanol–water partition coefficient (Wildman–Crippen LogP) is 3.50. The van der Waals surface area contributed by atoms with Crippen LogP contribution < -0.4 is 10.1 Å². The fraction of sp³-hybridized carbons (Fsp3) is 0.308. The number of nitrogens with zero attached hydrogens (tertiary/aromatic N) is 2. The Balaban J connectivity index is 1.68. The number of benzene rings is 2. The minimum Gasteiger partial charge on any atom is -0.497 e. The summed E-state index contributed by atoms with van der Waals surface area (Å²) in [5.74, 6) is 0.205. The molecule has 0 saturated carbocycles. The number of H-pyrrole nitrogens is 1. The van der Waals surface area contributed by atoms with E-state index in [1.54, 1.807) is 42.4 Å². The molecule has 33 heavy (non-hydrogen) atoms. The molecule has 1 saturated heterocycles. The van der Waals surface area contributed by atoms with Crippen LogP contribution in [0.2, 0.25) is 0 Å². The SMILES string of the molecule is COc1ccc2[nH]cc(C=C(NC(=O)c3ccccc3)C(=O)N(C)C3CCN(C)CC3)c2c1. The van der Waals surface area contributed by atoms with E-state index < -0.39 is 0 Å². The first kappa shape index (κ1) is 22.6. The highest BCUT2D eigenvalue weighted by Crippen LogP contribution is 2.26. The normalized spacial score (nSPS) is 15.4. The maximum atomic E-state index is 13.6. The van der Waals surface area contributed by atoms with Crippen LogP contribution in [-0.4, -0.2) is 66.9 Å². The number of amides is 2. The predicted molar refractivity (Wildman–Crippen MR) is 130 cm³/mol. The molecule has 1 aliphatic heterocycles. The molecule has 0 radical (unpaired) electrons. The molecule has 0 unspecified atom stereocenters. The number of likely N-dealkylation sites (tertiary alicyclic amines) is 1. The molecule has 172 valence electrons. The molecule has 7 heteroatoms. The van der Waals surface area contributed by atoms with Crippen molar-refractivity contribution in [3.05, 3.63) is 71.6 Å². The van der Waals surface area contributed by atoms with E-state index in [4.69, 9.17) is 4.74 Å². The third-order valence-electron chi connectivity index (χ3n) is 6.29. The quantitative estimate of drug-likeness (QED) is 0.568. The van der Waals surface area contributed by atoms with Gasteiger partial charge in [0.15, 0.2) is 0 Å². The highest BCUT2D eigenvalue weighted by Gasteiger charge is 2.27. The van der Waals surface area contributed by atoms with E-state index in [-0.39, 0.29) is 23.6 Å². The molecule has 1 aliphatic rings. The zero-order chi connectivity index (χ0) is 23.4. The minimum absolute atomic E-state index is 0.133. The van der Waals surface area contributed by atoms with Crippen molar-refractivity contribution in [3.63, 3.8) is 0 Å². The highest BCUT2D eigenvalue weighted by atomic mass is 16.5. The summed E-state index contributed by atoms with van der Waals surface area (Å²) >= 11 is 0. The molecule has 1 aromatic heterocycles. The van der Waals surface area contributed by atoms with Gasteiger partial charge in [-0.05, 0) is 69.4 Å². The van der Waals surface area contributed by atoms with Crippen LogP contribution in [0.1, 0.15) is 28.8 Å². The van der Waals surface area contributed by atoms with Crippen LogP contribution in [-0.2, 0) is 4.79 Å². The first-order valence-corrected chi connectivity index (χ1v) is 11.1. The van der Waals surface area contributed by atoms with Crippen molar-refractivity contribution in [2.75, 3.05) is 34.3 Å². The van der Waals surface area contributed by atoms with E-state index in [0.29, 0.717) is 5.56 Å². The fourth-order valence-electron chi connectivity index (χ4n) is 4.20. The first-order valence-electron chi connectivity index (χ1n) is 11.1. The first-order chi connectivity index (χ1) is 16.0. The Kier molecular flexibility index (Phi) is 6.79. The zero-order valence-corrected chi connectivity index (χ0v) is 19.3. The number of fused-ring (bicyclic) bond motifs is 1. The van der Waals surface area contributed by atoms with Gasteiger partial charge < -0.3 is 24.8 Å². The lowest BCUT2D eigenvalue weighted by atomic mass is 10.0. The van der Waals surface area contributed by atoms with Crippen molar-refractivity contribution < 1.29 is 14.3 Å². The number of aromatic amines is 1. The van der Waals surface area contributed by atoms with Crippen molar-refractivity contribution in [1.29, 1.82) is 0 Å². The molecule has 3 aromatic rings. The molecule has 7 nitrogen and oxygen atoms in total. The van der Waals surface area contributed by atoms with E-state index in [1.807, 2.05) is 37.5 Å². The summed E-state index contributed by atoms with van der Waals surface area (Å²) in [5.41, 5.74) is 2.47. The second-order valence-corrected chi connectivity index (χ2v) is 8.48. The summed E-state index contributed by atoms with van der Waals surface area (Å²) in [5, 5.41) is 3.78. The standard InChI is InChI=1S/C26H30N4O3/c1-29-13-11-20(12-14-29)30(2)26(32)24(28-25(31)18-7-5-4-6-8-18)15-19-17-27-23-10-9-21(33-3)16-22(19)23/h4-10,15-17,20,27H,11-14H2,1-3H3,(H,28,31). The third kappa shape index (κ3) is 5.09.